The van der Waals surface area contributed by atoms with E-state index in [9.17, 15) is 9.90 Å². The van der Waals surface area contributed by atoms with E-state index < -0.39 is 5.97 Å². The topological polar surface area (TPSA) is 58.6 Å². The normalized spacial score (nSPS) is 11.7. The van der Waals surface area contributed by atoms with Gasteiger partial charge in [0.2, 0.25) is 0 Å². The van der Waals surface area contributed by atoms with E-state index in [1.807, 2.05) is 18.2 Å². The maximum atomic E-state index is 11.3. The van der Waals surface area contributed by atoms with E-state index in [0.717, 1.165) is 0 Å². The number of anilines is 1. The predicted octanol–water partition coefficient (Wildman–Crippen LogP) is 3.61. The molecule has 0 aliphatic rings. The van der Waals surface area contributed by atoms with Gasteiger partial charge in [0.05, 0.1) is 18.4 Å². The van der Waals surface area contributed by atoms with Crippen molar-refractivity contribution in [2.24, 2.45) is 0 Å². The lowest BCUT2D eigenvalue weighted by Gasteiger charge is -2.16. The predicted molar refractivity (Wildman–Crippen MR) is 83.3 cm³/mol. The van der Waals surface area contributed by atoms with Crippen LogP contribution in [0, 0.1) is 0 Å². The number of carboxylic acids is 1. The molecule has 2 aromatic rings. The lowest BCUT2D eigenvalue weighted by molar-refractivity contribution is 0.0698. The Labute approximate surface area is 124 Å². The molecular weight excluding hydrogens is 266 g/mol. The highest BCUT2D eigenvalue weighted by molar-refractivity contribution is 5.94. The first-order chi connectivity index (χ1) is 10.1. The Kier molecular flexibility index (Phi) is 4.82. The lowest BCUT2D eigenvalue weighted by atomic mass is 10.0. The van der Waals surface area contributed by atoms with Crippen LogP contribution in [0.3, 0.4) is 0 Å². The molecule has 1 atom stereocenters. The third-order valence-electron chi connectivity index (χ3n) is 3.42. The molecule has 1 unspecified atom stereocenters. The molecule has 21 heavy (non-hydrogen) atoms. The smallest absolute Gasteiger partial charge is 0.337 e. The Bertz CT molecular complexity index is 611. The highest BCUT2D eigenvalue weighted by Crippen LogP contribution is 2.24. The number of ether oxygens (including phenoxy) is 1. The van der Waals surface area contributed by atoms with Crippen molar-refractivity contribution in [1.29, 1.82) is 0 Å². The van der Waals surface area contributed by atoms with Gasteiger partial charge in [-0.05, 0) is 23.6 Å². The van der Waals surface area contributed by atoms with Crippen molar-refractivity contribution in [1.82, 2.24) is 0 Å². The molecule has 0 spiro atoms. The van der Waals surface area contributed by atoms with Gasteiger partial charge in [-0.3, -0.25) is 0 Å². The highest BCUT2D eigenvalue weighted by atomic mass is 16.5. The van der Waals surface area contributed by atoms with E-state index in [-0.39, 0.29) is 11.5 Å². The number of carboxylic acid groups (broad SMARTS) is 1. The summed E-state index contributed by atoms with van der Waals surface area (Å²) >= 11 is 0. The van der Waals surface area contributed by atoms with Crippen molar-refractivity contribution < 1.29 is 14.6 Å². The third-order valence-corrected chi connectivity index (χ3v) is 3.42. The fourth-order valence-corrected chi connectivity index (χ4v) is 2.15. The summed E-state index contributed by atoms with van der Waals surface area (Å²) in [6.07, 6.45) is 0. The molecule has 0 radical (unpaired) electrons. The van der Waals surface area contributed by atoms with Crippen LogP contribution in [-0.4, -0.2) is 24.7 Å². The van der Waals surface area contributed by atoms with Crippen LogP contribution in [0.5, 0.6) is 5.75 Å². The summed E-state index contributed by atoms with van der Waals surface area (Å²) in [5.41, 5.74) is 2.03. The van der Waals surface area contributed by atoms with Crippen LogP contribution in [0.2, 0.25) is 0 Å². The molecule has 0 aliphatic carbocycles. The Hall–Kier alpha value is -2.49. The number of rotatable bonds is 6. The van der Waals surface area contributed by atoms with Crippen molar-refractivity contribution in [2.75, 3.05) is 19.0 Å². The molecule has 2 rings (SSSR count). The minimum Gasteiger partial charge on any atom is -0.497 e. The Morgan fingerprint density at radius 1 is 1.24 bits per heavy atom. The first-order valence-corrected chi connectivity index (χ1v) is 6.82. The molecule has 0 saturated carbocycles. The van der Waals surface area contributed by atoms with Crippen LogP contribution in [-0.2, 0) is 0 Å². The summed E-state index contributed by atoms with van der Waals surface area (Å²) in [6.45, 7) is 2.75. The molecule has 0 aliphatic heterocycles. The number of aromatic carboxylic acids is 1. The second kappa shape index (κ2) is 6.79. The fourth-order valence-electron chi connectivity index (χ4n) is 2.15. The molecule has 0 saturated heterocycles. The van der Waals surface area contributed by atoms with Crippen LogP contribution in [0.1, 0.15) is 28.8 Å². The first kappa shape index (κ1) is 14.9. The zero-order valence-corrected chi connectivity index (χ0v) is 12.2. The number of methoxy groups -OCH3 is 1. The van der Waals surface area contributed by atoms with E-state index in [1.165, 1.54) is 5.56 Å². The van der Waals surface area contributed by atoms with Crippen LogP contribution in [0.4, 0.5) is 5.69 Å². The monoisotopic (exact) mass is 285 g/mol. The van der Waals surface area contributed by atoms with Crippen molar-refractivity contribution in [3.05, 3.63) is 59.7 Å². The largest absolute Gasteiger partial charge is 0.497 e. The zero-order valence-electron chi connectivity index (χ0n) is 12.2. The van der Waals surface area contributed by atoms with Gasteiger partial charge >= 0.3 is 5.97 Å². The van der Waals surface area contributed by atoms with E-state index in [2.05, 4.69) is 24.4 Å². The summed E-state index contributed by atoms with van der Waals surface area (Å²) in [5.74, 6) is -0.0403. The lowest BCUT2D eigenvalue weighted by Crippen LogP contribution is -2.12. The van der Waals surface area contributed by atoms with Crippen molar-refractivity contribution in [2.45, 2.75) is 12.8 Å². The molecule has 0 fully saturated rings. The second-order valence-corrected chi connectivity index (χ2v) is 4.91. The minimum atomic E-state index is -0.951. The highest BCUT2D eigenvalue weighted by Gasteiger charge is 2.12. The Morgan fingerprint density at radius 2 is 1.95 bits per heavy atom. The molecule has 2 aromatic carbocycles. The molecule has 2 N–H and O–H groups in total. The van der Waals surface area contributed by atoms with Gasteiger partial charge in [-0.2, -0.15) is 0 Å². The van der Waals surface area contributed by atoms with Crippen LogP contribution in [0.25, 0.3) is 0 Å². The van der Waals surface area contributed by atoms with Gasteiger partial charge in [-0.15, -0.1) is 0 Å². The number of hydrogen-bond acceptors (Lipinski definition) is 3. The van der Waals surface area contributed by atoms with Crippen molar-refractivity contribution in [3.63, 3.8) is 0 Å². The fraction of sp³-hybridized carbons (Fsp3) is 0.235. The molecular formula is C17H19NO3. The van der Waals surface area contributed by atoms with Crippen LogP contribution in [0.15, 0.2) is 48.5 Å². The van der Waals surface area contributed by atoms with Crippen molar-refractivity contribution >= 4 is 11.7 Å². The number of benzene rings is 2. The average molecular weight is 285 g/mol. The van der Waals surface area contributed by atoms with E-state index in [4.69, 9.17) is 4.74 Å². The van der Waals surface area contributed by atoms with E-state index in [0.29, 0.717) is 18.0 Å². The van der Waals surface area contributed by atoms with E-state index >= 15 is 0 Å². The molecule has 0 bridgehead atoms. The molecule has 4 nitrogen and oxygen atoms in total. The SMILES string of the molecule is COc1ccc(C(=O)O)c(NCC(C)c2ccccc2)c1. The van der Waals surface area contributed by atoms with Gasteiger partial charge in [0.25, 0.3) is 0 Å². The summed E-state index contributed by atoms with van der Waals surface area (Å²) in [4.78, 5) is 11.3. The summed E-state index contributed by atoms with van der Waals surface area (Å²) in [5, 5.41) is 12.4. The van der Waals surface area contributed by atoms with Gasteiger partial charge < -0.3 is 15.2 Å². The Balaban J connectivity index is 2.13. The molecule has 0 heterocycles. The van der Waals surface area contributed by atoms with Crippen LogP contribution >= 0.6 is 0 Å². The maximum Gasteiger partial charge on any atom is 0.337 e. The summed E-state index contributed by atoms with van der Waals surface area (Å²) in [7, 11) is 1.56. The molecule has 110 valence electrons. The van der Waals surface area contributed by atoms with Crippen molar-refractivity contribution in [3.8, 4) is 5.75 Å². The van der Waals surface area contributed by atoms with Gasteiger partial charge in [0.1, 0.15) is 5.75 Å². The second-order valence-electron chi connectivity index (χ2n) is 4.91. The number of carbonyl (C=O) groups is 1. The van der Waals surface area contributed by atoms with E-state index in [1.54, 1.807) is 25.3 Å². The zero-order chi connectivity index (χ0) is 15.2. The molecule has 0 aromatic heterocycles. The van der Waals surface area contributed by atoms with Gasteiger partial charge in [-0.25, -0.2) is 4.79 Å². The number of hydrogen-bond donors (Lipinski definition) is 2. The average Bonchev–Trinajstić information content (AvgIpc) is 2.52. The first-order valence-electron chi connectivity index (χ1n) is 6.82. The quantitative estimate of drug-likeness (QED) is 0.851. The van der Waals surface area contributed by atoms with Crippen LogP contribution < -0.4 is 10.1 Å². The molecule has 4 heteroatoms. The molecule has 0 amide bonds. The van der Waals surface area contributed by atoms with Gasteiger partial charge in [-0.1, -0.05) is 37.3 Å². The number of nitrogens with one attached hydrogen (secondary N) is 1. The summed E-state index contributed by atoms with van der Waals surface area (Å²) < 4.78 is 5.15. The minimum absolute atomic E-state index is 0.246. The van der Waals surface area contributed by atoms with Gasteiger partial charge in [0, 0.05) is 12.6 Å². The summed E-state index contributed by atoms with van der Waals surface area (Å²) in [6, 6.07) is 15.0. The van der Waals surface area contributed by atoms with Gasteiger partial charge in [0.15, 0.2) is 0 Å². The Morgan fingerprint density at radius 3 is 2.57 bits per heavy atom. The standard InChI is InChI=1S/C17H19NO3/c1-12(13-6-4-3-5-7-13)11-18-16-10-14(21-2)8-9-15(16)17(19)20/h3-10,12,18H,11H2,1-2H3,(H,19,20). The maximum absolute atomic E-state index is 11.3. The third kappa shape index (κ3) is 3.75.